The third-order valence-electron chi connectivity index (χ3n) is 3.29. The number of pyridine rings is 1. The molecule has 0 fully saturated rings. The first-order valence-corrected chi connectivity index (χ1v) is 6.66. The first kappa shape index (κ1) is 11.5. The highest BCUT2D eigenvalue weighted by Gasteiger charge is 2.12. The van der Waals surface area contributed by atoms with Gasteiger partial charge in [0.2, 0.25) is 0 Å². The van der Waals surface area contributed by atoms with Gasteiger partial charge in [-0.15, -0.1) is 0 Å². The van der Waals surface area contributed by atoms with E-state index >= 15 is 0 Å². The molecule has 2 aromatic rings. The van der Waals surface area contributed by atoms with Crippen molar-refractivity contribution in [2.75, 3.05) is 5.32 Å². The van der Waals surface area contributed by atoms with Gasteiger partial charge in [-0.3, -0.25) is 0 Å². The zero-order valence-corrected chi connectivity index (χ0v) is 10.9. The van der Waals surface area contributed by atoms with Gasteiger partial charge < -0.3 is 5.32 Å². The summed E-state index contributed by atoms with van der Waals surface area (Å²) in [5.41, 5.74) is 3.83. The monoisotopic (exact) mass is 258 g/mol. The second kappa shape index (κ2) is 4.99. The lowest BCUT2D eigenvalue weighted by Gasteiger charge is -2.07. The van der Waals surface area contributed by atoms with E-state index in [9.17, 15) is 0 Å². The summed E-state index contributed by atoms with van der Waals surface area (Å²) < 4.78 is 0. The topological polar surface area (TPSA) is 24.9 Å². The number of hydrogen-bond acceptors (Lipinski definition) is 2. The lowest BCUT2D eigenvalue weighted by molar-refractivity contribution is 0.899. The molecular formula is C15H15ClN2. The molecule has 3 rings (SSSR count). The molecule has 92 valence electrons. The fourth-order valence-electron chi connectivity index (χ4n) is 2.36. The molecular weight excluding hydrogens is 244 g/mol. The van der Waals surface area contributed by atoms with Crippen molar-refractivity contribution < 1.29 is 0 Å². The minimum atomic E-state index is 0.756. The highest BCUT2D eigenvalue weighted by molar-refractivity contribution is 6.30. The van der Waals surface area contributed by atoms with E-state index in [4.69, 9.17) is 11.6 Å². The minimum absolute atomic E-state index is 0.756. The maximum absolute atomic E-state index is 5.96. The number of anilines is 1. The van der Waals surface area contributed by atoms with Crippen molar-refractivity contribution in [3.05, 3.63) is 58.2 Å². The van der Waals surface area contributed by atoms with Crippen molar-refractivity contribution in [1.29, 1.82) is 0 Å². The molecule has 3 heteroatoms. The number of benzene rings is 1. The second-order valence-corrected chi connectivity index (χ2v) is 5.08. The summed E-state index contributed by atoms with van der Waals surface area (Å²) >= 11 is 5.96. The number of rotatable bonds is 3. The Hall–Kier alpha value is -1.54. The zero-order valence-electron chi connectivity index (χ0n) is 10.1. The lowest BCUT2D eigenvalue weighted by Crippen LogP contribution is -2.02. The first-order valence-electron chi connectivity index (χ1n) is 6.28. The molecule has 1 aromatic carbocycles. The van der Waals surface area contributed by atoms with E-state index in [2.05, 4.69) is 28.5 Å². The standard InChI is InChI=1S/C15H15ClN2/c16-13-5-1-3-11(9-13)10-17-15-8-7-12-4-2-6-14(12)18-15/h1,3,5,7-9H,2,4,6,10H2,(H,17,18). The highest BCUT2D eigenvalue weighted by atomic mass is 35.5. The minimum Gasteiger partial charge on any atom is -0.366 e. The van der Waals surface area contributed by atoms with Gasteiger partial charge in [-0.1, -0.05) is 29.8 Å². The van der Waals surface area contributed by atoms with Gasteiger partial charge in [0.05, 0.1) is 0 Å². The molecule has 1 aromatic heterocycles. The van der Waals surface area contributed by atoms with Crippen molar-refractivity contribution in [3.63, 3.8) is 0 Å². The average molecular weight is 259 g/mol. The van der Waals surface area contributed by atoms with E-state index in [-0.39, 0.29) is 0 Å². The van der Waals surface area contributed by atoms with Crippen LogP contribution < -0.4 is 5.32 Å². The van der Waals surface area contributed by atoms with Gasteiger partial charge >= 0.3 is 0 Å². The number of aromatic nitrogens is 1. The predicted octanol–water partition coefficient (Wildman–Crippen LogP) is 3.84. The van der Waals surface area contributed by atoms with E-state index in [1.165, 1.54) is 29.7 Å². The van der Waals surface area contributed by atoms with Crippen LogP contribution in [0.5, 0.6) is 0 Å². The van der Waals surface area contributed by atoms with Crippen molar-refractivity contribution in [3.8, 4) is 0 Å². The summed E-state index contributed by atoms with van der Waals surface area (Å²) in [4.78, 5) is 4.65. The summed E-state index contributed by atoms with van der Waals surface area (Å²) in [6.45, 7) is 0.756. The molecule has 0 atom stereocenters. The first-order chi connectivity index (χ1) is 8.81. The Labute approximate surface area is 112 Å². The lowest BCUT2D eigenvalue weighted by atomic mass is 10.2. The third-order valence-corrected chi connectivity index (χ3v) is 3.53. The number of fused-ring (bicyclic) bond motifs is 1. The number of aryl methyl sites for hydroxylation is 2. The summed E-state index contributed by atoms with van der Waals surface area (Å²) in [6.07, 6.45) is 3.53. The van der Waals surface area contributed by atoms with Crippen LogP contribution in [0.1, 0.15) is 23.2 Å². The molecule has 1 aliphatic rings. The van der Waals surface area contributed by atoms with Gasteiger partial charge in [-0.2, -0.15) is 0 Å². The Balaban J connectivity index is 1.70. The van der Waals surface area contributed by atoms with E-state index in [0.717, 1.165) is 23.8 Å². The van der Waals surface area contributed by atoms with E-state index in [1.807, 2.05) is 18.2 Å². The normalized spacial score (nSPS) is 13.4. The SMILES string of the molecule is Clc1cccc(CNc2ccc3c(n2)CCC3)c1. The van der Waals surface area contributed by atoms with Crippen LogP contribution in [0.15, 0.2) is 36.4 Å². The summed E-state index contributed by atoms with van der Waals surface area (Å²) in [5.74, 6) is 0.954. The van der Waals surface area contributed by atoms with E-state index < -0.39 is 0 Å². The van der Waals surface area contributed by atoms with Crippen molar-refractivity contribution in [1.82, 2.24) is 4.98 Å². The number of nitrogens with zero attached hydrogens (tertiary/aromatic N) is 1. The Morgan fingerprint density at radius 2 is 2.11 bits per heavy atom. The molecule has 1 aliphatic carbocycles. The Bertz CT molecular complexity index is 566. The van der Waals surface area contributed by atoms with Crippen LogP contribution >= 0.6 is 11.6 Å². The zero-order chi connectivity index (χ0) is 12.4. The quantitative estimate of drug-likeness (QED) is 0.905. The van der Waals surface area contributed by atoms with Gasteiger partial charge in [0.1, 0.15) is 5.82 Å². The molecule has 1 N–H and O–H groups in total. The van der Waals surface area contributed by atoms with Crippen molar-refractivity contribution >= 4 is 17.4 Å². The number of hydrogen-bond donors (Lipinski definition) is 1. The predicted molar refractivity (Wildman–Crippen MR) is 75.0 cm³/mol. The number of halogens is 1. The molecule has 2 nitrogen and oxygen atoms in total. The summed E-state index contributed by atoms with van der Waals surface area (Å²) in [7, 11) is 0. The van der Waals surface area contributed by atoms with Gasteiger partial charge in [-0.25, -0.2) is 4.98 Å². The Morgan fingerprint density at radius 1 is 1.17 bits per heavy atom. The fraction of sp³-hybridized carbons (Fsp3) is 0.267. The highest BCUT2D eigenvalue weighted by Crippen LogP contribution is 2.22. The Kier molecular flexibility index (Phi) is 3.20. The summed E-state index contributed by atoms with van der Waals surface area (Å²) in [5, 5.41) is 4.12. The molecule has 18 heavy (non-hydrogen) atoms. The molecule has 0 bridgehead atoms. The molecule has 0 unspecified atom stereocenters. The van der Waals surface area contributed by atoms with Crippen LogP contribution in [-0.2, 0) is 19.4 Å². The molecule has 0 radical (unpaired) electrons. The van der Waals surface area contributed by atoms with Crippen LogP contribution in [-0.4, -0.2) is 4.98 Å². The third kappa shape index (κ3) is 2.49. The molecule has 0 spiro atoms. The van der Waals surface area contributed by atoms with E-state index in [1.54, 1.807) is 0 Å². The summed E-state index contributed by atoms with van der Waals surface area (Å²) in [6, 6.07) is 12.1. The molecule has 0 saturated carbocycles. The maximum atomic E-state index is 5.96. The molecule has 0 aliphatic heterocycles. The van der Waals surface area contributed by atoms with Crippen LogP contribution in [0.3, 0.4) is 0 Å². The van der Waals surface area contributed by atoms with Crippen LogP contribution in [0.2, 0.25) is 5.02 Å². The fourth-order valence-corrected chi connectivity index (χ4v) is 2.57. The average Bonchev–Trinajstić information content (AvgIpc) is 2.84. The molecule has 1 heterocycles. The largest absolute Gasteiger partial charge is 0.366 e. The second-order valence-electron chi connectivity index (χ2n) is 4.64. The smallest absolute Gasteiger partial charge is 0.126 e. The van der Waals surface area contributed by atoms with Crippen molar-refractivity contribution in [2.24, 2.45) is 0 Å². The van der Waals surface area contributed by atoms with Gasteiger partial charge in [-0.05, 0) is 48.6 Å². The van der Waals surface area contributed by atoms with E-state index in [0.29, 0.717) is 0 Å². The van der Waals surface area contributed by atoms with Crippen LogP contribution in [0.25, 0.3) is 0 Å². The Morgan fingerprint density at radius 3 is 3.00 bits per heavy atom. The maximum Gasteiger partial charge on any atom is 0.126 e. The van der Waals surface area contributed by atoms with Gasteiger partial charge in [0.25, 0.3) is 0 Å². The van der Waals surface area contributed by atoms with Crippen molar-refractivity contribution in [2.45, 2.75) is 25.8 Å². The number of nitrogens with one attached hydrogen (secondary N) is 1. The molecule has 0 amide bonds. The van der Waals surface area contributed by atoms with Crippen LogP contribution in [0.4, 0.5) is 5.82 Å². The van der Waals surface area contributed by atoms with Gasteiger partial charge in [0, 0.05) is 17.3 Å². The van der Waals surface area contributed by atoms with Crippen LogP contribution in [0, 0.1) is 0 Å². The van der Waals surface area contributed by atoms with Gasteiger partial charge in [0.15, 0.2) is 0 Å². The molecule has 0 saturated heterocycles.